The minimum absolute atomic E-state index is 0.0228. The van der Waals surface area contributed by atoms with Gasteiger partial charge in [-0.1, -0.05) is 12.8 Å². The highest BCUT2D eigenvalue weighted by Crippen LogP contribution is 2.23. The van der Waals surface area contributed by atoms with Crippen LogP contribution >= 0.6 is 0 Å². The van der Waals surface area contributed by atoms with Gasteiger partial charge in [0.25, 0.3) is 5.91 Å². The number of piperidine rings is 1. The molecule has 0 aromatic heterocycles. The van der Waals surface area contributed by atoms with Gasteiger partial charge in [0.1, 0.15) is 0 Å². The van der Waals surface area contributed by atoms with Crippen LogP contribution in [0.1, 0.15) is 59.2 Å². The predicted molar refractivity (Wildman–Crippen MR) is 96.6 cm³/mol. The molecule has 2 N–H and O–H groups in total. The van der Waals surface area contributed by atoms with Crippen molar-refractivity contribution in [3.8, 4) is 0 Å². The lowest BCUT2D eigenvalue weighted by Crippen LogP contribution is -2.49. The molecular formula is C18H24N2O5S. The Labute approximate surface area is 153 Å². The fourth-order valence-corrected chi connectivity index (χ4v) is 5.43. The van der Waals surface area contributed by atoms with Crippen molar-refractivity contribution < 1.29 is 23.1 Å². The van der Waals surface area contributed by atoms with Crippen molar-refractivity contribution in [3.63, 3.8) is 0 Å². The van der Waals surface area contributed by atoms with E-state index in [1.165, 1.54) is 24.3 Å². The molecule has 2 fully saturated rings. The Balaban J connectivity index is 1.67. The topological polar surface area (TPSA) is 104 Å². The standard InChI is InChI=1S/C18H24N2O5S/c21-17(13-7-9-14(10-8-13)18(22)23)20-11-3-6-16(12-20)26(24,25)19-15-4-1-2-5-15/h7-10,15-16,19H,1-6,11-12H2,(H,22,23). The van der Waals surface area contributed by atoms with Crippen molar-refractivity contribution in [3.05, 3.63) is 35.4 Å². The van der Waals surface area contributed by atoms with E-state index in [-0.39, 0.29) is 24.1 Å². The maximum Gasteiger partial charge on any atom is 0.335 e. The van der Waals surface area contributed by atoms with Crippen molar-refractivity contribution in [2.24, 2.45) is 0 Å². The predicted octanol–water partition coefficient (Wildman–Crippen LogP) is 1.85. The summed E-state index contributed by atoms with van der Waals surface area (Å²) in [5.74, 6) is -1.31. The average molecular weight is 380 g/mol. The number of carboxylic acids is 1. The molecule has 1 aromatic carbocycles. The molecule has 1 heterocycles. The molecule has 7 nitrogen and oxygen atoms in total. The van der Waals surface area contributed by atoms with Gasteiger partial charge in [-0.3, -0.25) is 4.79 Å². The summed E-state index contributed by atoms with van der Waals surface area (Å²) in [6, 6.07) is 5.74. The molecule has 142 valence electrons. The third-order valence-electron chi connectivity index (χ3n) is 5.17. The highest BCUT2D eigenvalue weighted by atomic mass is 32.2. The van der Waals surface area contributed by atoms with Gasteiger partial charge in [0, 0.05) is 24.7 Å². The van der Waals surface area contributed by atoms with E-state index in [2.05, 4.69) is 4.72 Å². The largest absolute Gasteiger partial charge is 0.478 e. The van der Waals surface area contributed by atoms with Gasteiger partial charge in [0.2, 0.25) is 10.0 Å². The lowest BCUT2D eigenvalue weighted by molar-refractivity contribution is 0.0691. The molecule has 3 rings (SSSR count). The van der Waals surface area contributed by atoms with E-state index in [1.807, 2.05) is 0 Å². The van der Waals surface area contributed by atoms with E-state index in [1.54, 1.807) is 4.90 Å². The SMILES string of the molecule is O=C(O)c1ccc(C(=O)N2CCCC(S(=O)(=O)NC3CCCC3)C2)cc1. The molecule has 1 atom stereocenters. The van der Waals surface area contributed by atoms with Crippen LogP contribution < -0.4 is 4.72 Å². The van der Waals surface area contributed by atoms with Crippen LogP contribution in [0.5, 0.6) is 0 Å². The summed E-state index contributed by atoms with van der Waals surface area (Å²) in [6.45, 7) is 0.677. The Morgan fingerprint density at radius 1 is 1.00 bits per heavy atom. The first kappa shape index (κ1) is 18.8. The first-order chi connectivity index (χ1) is 12.4. The third kappa shape index (κ3) is 4.24. The number of likely N-dealkylation sites (tertiary alicyclic amines) is 1. The van der Waals surface area contributed by atoms with Gasteiger partial charge in [-0.05, 0) is 49.9 Å². The number of aromatic carboxylic acids is 1. The van der Waals surface area contributed by atoms with Crippen LogP contribution in [0.25, 0.3) is 0 Å². The highest BCUT2D eigenvalue weighted by Gasteiger charge is 2.34. The molecule has 1 aliphatic heterocycles. The highest BCUT2D eigenvalue weighted by molar-refractivity contribution is 7.90. The number of rotatable bonds is 5. The quantitative estimate of drug-likeness (QED) is 0.811. The first-order valence-corrected chi connectivity index (χ1v) is 10.6. The zero-order valence-electron chi connectivity index (χ0n) is 14.6. The Hall–Kier alpha value is -1.93. The van der Waals surface area contributed by atoms with E-state index in [0.29, 0.717) is 24.9 Å². The monoisotopic (exact) mass is 380 g/mol. The molecule has 1 saturated carbocycles. The van der Waals surface area contributed by atoms with Crippen LogP contribution in [0.15, 0.2) is 24.3 Å². The molecule has 2 aliphatic rings. The third-order valence-corrected chi connectivity index (χ3v) is 7.09. The number of amides is 1. The Bertz CT molecular complexity index is 769. The van der Waals surface area contributed by atoms with E-state index < -0.39 is 21.2 Å². The zero-order chi connectivity index (χ0) is 18.7. The van der Waals surface area contributed by atoms with Crippen molar-refractivity contribution in [2.75, 3.05) is 13.1 Å². The molecule has 1 amide bonds. The van der Waals surface area contributed by atoms with E-state index in [0.717, 1.165) is 25.7 Å². The normalized spacial score (nSPS) is 21.7. The minimum atomic E-state index is -3.45. The molecule has 26 heavy (non-hydrogen) atoms. The molecule has 0 spiro atoms. The maximum absolute atomic E-state index is 12.7. The number of benzene rings is 1. The fraction of sp³-hybridized carbons (Fsp3) is 0.556. The molecule has 1 saturated heterocycles. The van der Waals surface area contributed by atoms with Gasteiger partial charge in [-0.2, -0.15) is 0 Å². The van der Waals surface area contributed by atoms with Crippen LogP contribution in [-0.2, 0) is 10.0 Å². The second-order valence-electron chi connectivity index (χ2n) is 7.04. The van der Waals surface area contributed by atoms with Gasteiger partial charge in [0.05, 0.1) is 10.8 Å². The maximum atomic E-state index is 12.7. The van der Waals surface area contributed by atoms with Gasteiger partial charge >= 0.3 is 5.97 Å². The number of sulfonamides is 1. The summed E-state index contributed by atoms with van der Waals surface area (Å²) in [5.41, 5.74) is 0.484. The Kier molecular flexibility index (Phi) is 5.62. The smallest absolute Gasteiger partial charge is 0.335 e. The van der Waals surface area contributed by atoms with E-state index in [9.17, 15) is 18.0 Å². The molecule has 0 radical (unpaired) electrons. The van der Waals surface area contributed by atoms with Crippen molar-refractivity contribution in [2.45, 2.75) is 49.8 Å². The number of hydrogen-bond acceptors (Lipinski definition) is 4. The van der Waals surface area contributed by atoms with Crippen molar-refractivity contribution in [1.82, 2.24) is 9.62 Å². The van der Waals surface area contributed by atoms with E-state index >= 15 is 0 Å². The summed E-state index contributed by atoms with van der Waals surface area (Å²) >= 11 is 0. The molecule has 1 aromatic rings. The van der Waals surface area contributed by atoms with Crippen molar-refractivity contribution in [1.29, 1.82) is 0 Å². The Morgan fingerprint density at radius 2 is 1.62 bits per heavy atom. The van der Waals surface area contributed by atoms with Gasteiger partial charge < -0.3 is 10.0 Å². The van der Waals surface area contributed by atoms with Crippen LogP contribution in [-0.4, -0.2) is 54.7 Å². The lowest BCUT2D eigenvalue weighted by Gasteiger charge is -2.33. The molecule has 1 aliphatic carbocycles. The van der Waals surface area contributed by atoms with Crippen molar-refractivity contribution >= 4 is 21.9 Å². The number of carboxylic acid groups (broad SMARTS) is 1. The van der Waals surface area contributed by atoms with Crippen LogP contribution in [0, 0.1) is 0 Å². The zero-order valence-corrected chi connectivity index (χ0v) is 15.4. The van der Waals surface area contributed by atoms with Gasteiger partial charge in [-0.15, -0.1) is 0 Å². The van der Waals surface area contributed by atoms with Gasteiger partial charge in [-0.25, -0.2) is 17.9 Å². The summed E-state index contributed by atoms with van der Waals surface area (Å²) in [6.07, 6.45) is 5.04. The summed E-state index contributed by atoms with van der Waals surface area (Å²) in [7, 11) is -3.45. The summed E-state index contributed by atoms with van der Waals surface area (Å²) in [5, 5.41) is 8.34. The Morgan fingerprint density at radius 3 is 2.23 bits per heavy atom. The fourth-order valence-electron chi connectivity index (χ4n) is 3.69. The van der Waals surface area contributed by atoms with E-state index in [4.69, 9.17) is 5.11 Å². The van der Waals surface area contributed by atoms with Gasteiger partial charge in [0.15, 0.2) is 0 Å². The molecule has 0 bridgehead atoms. The number of nitrogens with one attached hydrogen (secondary N) is 1. The van der Waals surface area contributed by atoms with Crippen LogP contribution in [0.3, 0.4) is 0 Å². The second kappa shape index (κ2) is 7.75. The summed E-state index contributed by atoms with van der Waals surface area (Å²) in [4.78, 5) is 25.1. The molecule has 8 heteroatoms. The number of carbonyl (C=O) groups excluding carboxylic acids is 1. The van der Waals surface area contributed by atoms with Crippen LogP contribution in [0.2, 0.25) is 0 Å². The van der Waals surface area contributed by atoms with Crippen LogP contribution in [0.4, 0.5) is 0 Å². The average Bonchev–Trinajstić information content (AvgIpc) is 3.13. The second-order valence-corrected chi connectivity index (χ2v) is 9.03. The summed E-state index contributed by atoms with van der Waals surface area (Å²) < 4.78 is 28.1. The number of nitrogens with zero attached hydrogens (tertiary/aromatic N) is 1. The number of hydrogen-bond donors (Lipinski definition) is 2. The minimum Gasteiger partial charge on any atom is -0.478 e. The lowest BCUT2D eigenvalue weighted by atomic mass is 10.1. The molecular weight excluding hydrogens is 356 g/mol. The molecule has 1 unspecified atom stereocenters. The number of carbonyl (C=O) groups is 2. The first-order valence-electron chi connectivity index (χ1n) is 9.00.